The molecule has 0 saturated carbocycles. The van der Waals surface area contributed by atoms with E-state index in [4.69, 9.17) is 4.74 Å². The minimum Gasteiger partial charge on any atom is -0.508 e. The van der Waals surface area contributed by atoms with Gasteiger partial charge in [-0.05, 0) is 24.7 Å². The molecular weight excluding hydrogens is 338 g/mol. The molecule has 1 aliphatic heterocycles. The van der Waals surface area contributed by atoms with E-state index in [2.05, 4.69) is 19.6 Å². The summed E-state index contributed by atoms with van der Waals surface area (Å²) in [6.45, 7) is 4.25. The maximum absolute atomic E-state index is 10.2. The maximum Gasteiger partial charge on any atom is 0.157 e. The maximum atomic E-state index is 10.2. The third-order valence-corrected chi connectivity index (χ3v) is 3.51. The van der Waals surface area contributed by atoms with Crippen molar-refractivity contribution < 1.29 is 30.3 Å². The van der Waals surface area contributed by atoms with Gasteiger partial charge in [0.15, 0.2) is 11.5 Å². The highest BCUT2D eigenvalue weighted by molar-refractivity contribution is 5.52. The monoisotopic (exact) mass is 365 g/mol. The lowest BCUT2D eigenvalue weighted by Gasteiger charge is -2.31. The summed E-state index contributed by atoms with van der Waals surface area (Å²) < 4.78 is 5.62. The van der Waals surface area contributed by atoms with Crippen molar-refractivity contribution in [3.05, 3.63) is 41.5 Å². The number of fused-ring (bicyclic) bond motifs is 1. The lowest BCUT2D eigenvalue weighted by molar-refractivity contribution is 0.0197. The number of phenols is 4. The minimum absolute atomic E-state index is 0.143. The van der Waals surface area contributed by atoms with Crippen LogP contribution in [0.3, 0.4) is 0 Å². The molecule has 0 spiro atoms. The van der Waals surface area contributed by atoms with Crippen molar-refractivity contribution in [1.82, 2.24) is 0 Å². The Morgan fingerprint density at radius 2 is 1.58 bits per heavy atom. The van der Waals surface area contributed by atoms with Gasteiger partial charge in [0, 0.05) is 24.1 Å². The summed E-state index contributed by atoms with van der Waals surface area (Å²) in [5.74, 6) is -0.589. The predicted molar refractivity (Wildman–Crippen MR) is 98.7 cm³/mol. The Morgan fingerprint density at radius 3 is 2.15 bits per heavy atom. The second-order valence-electron chi connectivity index (χ2n) is 5.71. The lowest BCUT2D eigenvalue weighted by Crippen LogP contribution is -2.30. The number of benzene rings is 2. The highest BCUT2D eigenvalue weighted by Crippen LogP contribution is 2.42. The van der Waals surface area contributed by atoms with Crippen LogP contribution in [-0.2, 0) is 6.42 Å². The molecule has 2 aromatic carbocycles. The smallest absolute Gasteiger partial charge is 0.157 e. The van der Waals surface area contributed by atoms with Crippen LogP contribution in [0.4, 0.5) is 0 Å². The Hall–Kier alpha value is -2.64. The van der Waals surface area contributed by atoms with Crippen molar-refractivity contribution in [1.29, 1.82) is 0 Å². The van der Waals surface area contributed by atoms with Crippen LogP contribution in [-0.4, -0.2) is 38.7 Å². The molecule has 0 bridgehead atoms. The number of phenolic OH excluding ortho intramolecular Hbond substituents is 4. The molecule has 0 saturated heterocycles. The van der Waals surface area contributed by atoms with Crippen LogP contribution >= 0.6 is 0 Å². The fraction of sp³-hybridized carbons (Fsp3) is 0.368. The van der Waals surface area contributed by atoms with E-state index in [0.717, 1.165) is 0 Å². The molecule has 144 valence electrons. The Labute approximate surface area is 152 Å². The zero-order valence-corrected chi connectivity index (χ0v) is 15.2. The molecule has 0 aliphatic carbocycles. The van der Waals surface area contributed by atoms with Crippen molar-refractivity contribution in [3.63, 3.8) is 0 Å². The molecule has 2 atom stereocenters. The van der Waals surface area contributed by atoms with Crippen LogP contribution in [0.15, 0.2) is 30.3 Å². The summed E-state index contributed by atoms with van der Waals surface area (Å²) in [5, 5.41) is 48.3. The quantitative estimate of drug-likeness (QED) is 0.427. The molecule has 1 heterocycles. The van der Waals surface area contributed by atoms with Gasteiger partial charge in [-0.1, -0.05) is 26.3 Å². The number of nitrogens with two attached hydrogens (primary N) is 1. The van der Waals surface area contributed by atoms with Gasteiger partial charge >= 0.3 is 0 Å². The molecule has 26 heavy (non-hydrogen) atoms. The molecule has 3 rings (SSSR count). The molecule has 0 amide bonds. The summed E-state index contributed by atoms with van der Waals surface area (Å²) >= 11 is 0. The van der Waals surface area contributed by atoms with E-state index in [-0.39, 0.29) is 35.2 Å². The van der Waals surface area contributed by atoms with Gasteiger partial charge in [0.1, 0.15) is 23.4 Å². The SMILES string of the molecule is CCC.CN.Oc1cc(O)c2c(c1)O[C@H](c1ccc(O)c(O)c1)[C@H](O)C2. The van der Waals surface area contributed by atoms with Crippen LogP contribution in [0.1, 0.15) is 37.5 Å². The van der Waals surface area contributed by atoms with Crippen molar-refractivity contribution in [2.45, 2.75) is 38.9 Å². The Morgan fingerprint density at radius 1 is 0.962 bits per heavy atom. The van der Waals surface area contributed by atoms with Crippen LogP contribution in [0, 0.1) is 0 Å². The number of hydrogen-bond acceptors (Lipinski definition) is 7. The fourth-order valence-electron chi connectivity index (χ4n) is 2.47. The number of aliphatic hydroxyl groups excluding tert-OH is 1. The van der Waals surface area contributed by atoms with Crippen molar-refractivity contribution >= 4 is 0 Å². The molecule has 0 aromatic heterocycles. The topological polar surface area (TPSA) is 136 Å². The van der Waals surface area contributed by atoms with E-state index in [1.54, 1.807) is 0 Å². The highest BCUT2D eigenvalue weighted by Gasteiger charge is 2.32. The Kier molecular flexibility index (Phi) is 8.02. The summed E-state index contributed by atoms with van der Waals surface area (Å²) in [5.41, 5.74) is 5.39. The first kappa shape index (κ1) is 21.4. The van der Waals surface area contributed by atoms with Gasteiger partial charge in [-0.15, -0.1) is 0 Å². The highest BCUT2D eigenvalue weighted by atomic mass is 16.5. The summed E-state index contributed by atoms with van der Waals surface area (Å²) in [6, 6.07) is 6.67. The van der Waals surface area contributed by atoms with Gasteiger partial charge in [-0.25, -0.2) is 0 Å². The first-order valence-electron chi connectivity index (χ1n) is 8.36. The van der Waals surface area contributed by atoms with Gasteiger partial charge in [0.05, 0.1) is 6.10 Å². The minimum atomic E-state index is -0.933. The number of hydrogen-bond donors (Lipinski definition) is 6. The van der Waals surface area contributed by atoms with Gasteiger partial charge < -0.3 is 36.0 Å². The molecule has 7 N–H and O–H groups in total. The van der Waals surface area contributed by atoms with Gasteiger partial charge in [-0.2, -0.15) is 0 Å². The third-order valence-electron chi connectivity index (χ3n) is 3.51. The van der Waals surface area contributed by atoms with E-state index in [0.29, 0.717) is 11.1 Å². The van der Waals surface area contributed by atoms with E-state index in [9.17, 15) is 25.5 Å². The summed E-state index contributed by atoms with van der Waals surface area (Å²) in [7, 11) is 1.50. The second kappa shape index (κ2) is 9.74. The first-order chi connectivity index (χ1) is 12.4. The normalized spacial score (nSPS) is 17.6. The van der Waals surface area contributed by atoms with Gasteiger partial charge in [-0.3, -0.25) is 0 Å². The number of aliphatic hydroxyl groups is 1. The molecule has 7 nitrogen and oxygen atoms in total. The molecule has 0 fully saturated rings. The van der Waals surface area contributed by atoms with E-state index < -0.39 is 12.2 Å². The zero-order chi connectivity index (χ0) is 19.9. The Bertz CT molecular complexity index is 719. The van der Waals surface area contributed by atoms with Crippen molar-refractivity contribution in [3.8, 4) is 28.7 Å². The van der Waals surface area contributed by atoms with E-state index in [1.165, 1.54) is 43.8 Å². The largest absolute Gasteiger partial charge is 0.508 e. The Balaban J connectivity index is 0.000000615. The van der Waals surface area contributed by atoms with Gasteiger partial charge in [0.2, 0.25) is 0 Å². The van der Waals surface area contributed by atoms with Gasteiger partial charge in [0.25, 0.3) is 0 Å². The lowest BCUT2D eigenvalue weighted by atomic mass is 9.94. The molecule has 7 heteroatoms. The molecular formula is C19H27NO6. The van der Waals surface area contributed by atoms with Crippen molar-refractivity contribution in [2.75, 3.05) is 7.05 Å². The molecule has 0 radical (unpaired) electrons. The zero-order valence-electron chi connectivity index (χ0n) is 15.2. The molecule has 0 unspecified atom stereocenters. The van der Waals surface area contributed by atoms with E-state index in [1.807, 2.05) is 0 Å². The molecule has 1 aliphatic rings. The summed E-state index contributed by atoms with van der Waals surface area (Å²) in [6.07, 6.45) is -0.310. The number of aromatic hydroxyl groups is 4. The summed E-state index contributed by atoms with van der Waals surface area (Å²) in [4.78, 5) is 0. The van der Waals surface area contributed by atoms with Crippen LogP contribution < -0.4 is 10.5 Å². The second-order valence-corrected chi connectivity index (χ2v) is 5.71. The fourth-order valence-corrected chi connectivity index (χ4v) is 2.47. The standard InChI is InChI=1S/C15H14O6.C3H8.CH5N/c16-8-4-11(18)9-6-13(20)15(21-14(9)5-8)7-1-2-10(17)12(19)3-7;1-3-2;1-2/h1-5,13,15-20H,6H2;3H2,1-2H3;2H2,1H3/t13-,15-;;/m1../s1. The average molecular weight is 365 g/mol. The predicted octanol–water partition coefficient (Wildman–Crippen LogP) is 2.54. The van der Waals surface area contributed by atoms with E-state index >= 15 is 0 Å². The van der Waals surface area contributed by atoms with Crippen molar-refractivity contribution in [2.24, 2.45) is 5.73 Å². The van der Waals surface area contributed by atoms with Crippen LogP contribution in [0.25, 0.3) is 0 Å². The third kappa shape index (κ3) is 4.93. The molecule has 2 aromatic rings. The number of rotatable bonds is 1. The first-order valence-corrected chi connectivity index (χ1v) is 8.36. The van der Waals surface area contributed by atoms with Crippen LogP contribution in [0.2, 0.25) is 0 Å². The van der Waals surface area contributed by atoms with Crippen LogP contribution in [0.5, 0.6) is 28.7 Å². The number of ether oxygens (including phenoxy) is 1. The average Bonchev–Trinajstić information content (AvgIpc) is 2.60.